The third-order valence-corrected chi connectivity index (χ3v) is 3.86. The molecular weight excluding hydrogens is 282 g/mol. The Labute approximate surface area is 110 Å². The molecular formula is C13H16BrNO2. The van der Waals surface area contributed by atoms with Crippen molar-refractivity contribution in [1.82, 2.24) is 4.98 Å². The molecule has 0 saturated heterocycles. The maximum absolute atomic E-state index is 11.8. The van der Waals surface area contributed by atoms with Gasteiger partial charge in [0.2, 0.25) is 0 Å². The first kappa shape index (κ1) is 12.6. The van der Waals surface area contributed by atoms with Crippen LogP contribution in [0.1, 0.15) is 37.3 Å². The molecule has 1 heterocycles. The van der Waals surface area contributed by atoms with Crippen molar-refractivity contribution in [2.75, 3.05) is 7.11 Å². The molecule has 1 fully saturated rings. The van der Waals surface area contributed by atoms with Crippen LogP contribution in [-0.4, -0.2) is 18.1 Å². The van der Waals surface area contributed by atoms with Crippen molar-refractivity contribution in [3.8, 4) is 0 Å². The van der Waals surface area contributed by atoms with E-state index in [-0.39, 0.29) is 11.9 Å². The van der Waals surface area contributed by atoms with Crippen molar-refractivity contribution in [2.45, 2.75) is 31.6 Å². The number of carbonyl (C=O) groups excluding carboxylic acids is 1. The van der Waals surface area contributed by atoms with Gasteiger partial charge >= 0.3 is 5.97 Å². The van der Waals surface area contributed by atoms with Gasteiger partial charge in [-0.1, -0.05) is 19.3 Å². The van der Waals surface area contributed by atoms with Gasteiger partial charge in [-0.25, -0.2) is 0 Å². The van der Waals surface area contributed by atoms with E-state index in [1.807, 2.05) is 12.1 Å². The van der Waals surface area contributed by atoms with E-state index in [1.165, 1.54) is 26.4 Å². The van der Waals surface area contributed by atoms with E-state index < -0.39 is 0 Å². The predicted molar refractivity (Wildman–Crippen MR) is 68.7 cm³/mol. The van der Waals surface area contributed by atoms with Gasteiger partial charge < -0.3 is 4.74 Å². The molecule has 0 aromatic carbocycles. The van der Waals surface area contributed by atoms with Gasteiger partial charge in [-0.15, -0.1) is 0 Å². The highest BCUT2D eigenvalue weighted by Crippen LogP contribution is 2.35. The molecule has 0 spiro atoms. The lowest BCUT2D eigenvalue weighted by molar-refractivity contribution is -0.143. The number of hydrogen-bond donors (Lipinski definition) is 0. The first-order valence-electron chi connectivity index (χ1n) is 5.90. The monoisotopic (exact) mass is 297 g/mol. The third kappa shape index (κ3) is 3.06. The average Bonchev–Trinajstić information content (AvgIpc) is 2.29. The minimum Gasteiger partial charge on any atom is -0.469 e. The maximum Gasteiger partial charge on any atom is 0.314 e. The second kappa shape index (κ2) is 5.63. The lowest BCUT2D eigenvalue weighted by Gasteiger charge is -2.28. The molecule has 1 aromatic rings. The Hall–Kier alpha value is -0.900. The number of esters is 1. The summed E-state index contributed by atoms with van der Waals surface area (Å²) in [5.41, 5.74) is 0.812. The van der Waals surface area contributed by atoms with Crippen molar-refractivity contribution in [2.24, 2.45) is 5.92 Å². The summed E-state index contributed by atoms with van der Waals surface area (Å²) in [6.45, 7) is 0. The summed E-state index contributed by atoms with van der Waals surface area (Å²) in [6, 6.07) is 3.81. The number of pyridine rings is 1. The van der Waals surface area contributed by atoms with Crippen LogP contribution < -0.4 is 0 Å². The molecule has 0 bridgehead atoms. The van der Waals surface area contributed by atoms with Gasteiger partial charge in [-0.2, -0.15) is 0 Å². The van der Waals surface area contributed by atoms with Crippen LogP contribution in [0, 0.1) is 5.92 Å². The van der Waals surface area contributed by atoms with Gasteiger partial charge in [0, 0.05) is 10.7 Å². The molecule has 1 atom stereocenters. The minimum absolute atomic E-state index is 0.174. The van der Waals surface area contributed by atoms with Crippen molar-refractivity contribution in [3.63, 3.8) is 0 Å². The zero-order valence-electron chi connectivity index (χ0n) is 9.86. The fraction of sp³-hybridized carbons (Fsp3) is 0.538. The zero-order chi connectivity index (χ0) is 12.3. The zero-order valence-corrected chi connectivity index (χ0v) is 11.4. The molecule has 3 nitrogen and oxygen atoms in total. The Morgan fingerprint density at radius 1 is 1.59 bits per heavy atom. The van der Waals surface area contributed by atoms with Crippen molar-refractivity contribution in [3.05, 3.63) is 28.5 Å². The molecule has 2 rings (SSSR count). The fourth-order valence-corrected chi connectivity index (χ4v) is 2.37. The van der Waals surface area contributed by atoms with Crippen LogP contribution in [0.2, 0.25) is 0 Å². The first-order valence-corrected chi connectivity index (χ1v) is 6.69. The van der Waals surface area contributed by atoms with Crippen LogP contribution in [-0.2, 0) is 9.53 Å². The van der Waals surface area contributed by atoms with Crippen LogP contribution in [0.25, 0.3) is 0 Å². The molecule has 92 valence electrons. The summed E-state index contributed by atoms with van der Waals surface area (Å²) in [6.07, 6.45) is 6.33. The number of hydrogen-bond acceptors (Lipinski definition) is 3. The van der Waals surface area contributed by atoms with E-state index in [4.69, 9.17) is 4.74 Å². The summed E-state index contributed by atoms with van der Waals surface area (Å²) >= 11 is 3.35. The number of halogens is 1. The highest BCUT2D eigenvalue weighted by molar-refractivity contribution is 9.10. The van der Waals surface area contributed by atoms with Gasteiger partial charge in [0.1, 0.15) is 0 Å². The average molecular weight is 298 g/mol. The van der Waals surface area contributed by atoms with E-state index in [2.05, 4.69) is 20.9 Å². The Morgan fingerprint density at radius 3 is 2.82 bits per heavy atom. The molecule has 1 aromatic heterocycles. The van der Waals surface area contributed by atoms with Gasteiger partial charge in [0.05, 0.1) is 18.7 Å². The number of aromatic nitrogens is 1. The largest absolute Gasteiger partial charge is 0.469 e. The van der Waals surface area contributed by atoms with Crippen LogP contribution in [0.5, 0.6) is 0 Å². The summed E-state index contributed by atoms with van der Waals surface area (Å²) in [5, 5.41) is 0. The van der Waals surface area contributed by atoms with E-state index >= 15 is 0 Å². The molecule has 0 N–H and O–H groups in total. The second-order valence-corrected chi connectivity index (χ2v) is 5.43. The Kier molecular flexibility index (Phi) is 4.15. The number of methoxy groups -OCH3 is 1. The summed E-state index contributed by atoms with van der Waals surface area (Å²) < 4.78 is 5.80. The first-order chi connectivity index (χ1) is 8.20. The van der Waals surface area contributed by atoms with Crippen LogP contribution in [0.15, 0.2) is 22.8 Å². The van der Waals surface area contributed by atoms with E-state index in [9.17, 15) is 4.79 Å². The second-order valence-electron chi connectivity index (χ2n) is 4.51. The smallest absolute Gasteiger partial charge is 0.314 e. The van der Waals surface area contributed by atoms with E-state index in [0.717, 1.165) is 16.6 Å². The lowest BCUT2D eigenvalue weighted by Crippen LogP contribution is -2.22. The highest BCUT2D eigenvalue weighted by atomic mass is 79.9. The van der Waals surface area contributed by atoms with Crippen molar-refractivity contribution < 1.29 is 9.53 Å². The molecule has 1 aliphatic rings. The molecule has 1 aliphatic carbocycles. The minimum atomic E-state index is -0.210. The van der Waals surface area contributed by atoms with Crippen LogP contribution in [0.3, 0.4) is 0 Å². The summed E-state index contributed by atoms with van der Waals surface area (Å²) in [7, 11) is 1.44. The van der Waals surface area contributed by atoms with Crippen molar-refractivity contribution >= 4 is 21.9 Å². The quantitative estimate of drug-likeness (QED) is 0.801. The predicted octanol–water partition coefficient (Wildman–Crippen LogP) is 3.29. The molecule has 17 heavy (non-hydrogen) atoms. The molecule has 0 radical (unpaired) electrons. The molecule has 4 heteroatoms. The number of ether oxygens (including phenoxy) is 1. The maximum atomic E-state index is 11.8. The van der Waals surface area contributed by atoms with Gasteiger partial charge in [-0.3, -0.25) is 9.78 Å². The molecule has 0 aliphatic heterocycles. The highest BCUT2D eigenvalue weighted by Gasteiger charge is 2.29. The number of nitrogens with zero attached hydrogens (tertiary/aromatic N) is 1. The van der Waals surface area contributed by atoms with Gasteiger partial charge in [0.15, 0.2) is 0 Å². The molecule has 0 amide bonds. The van der Waals surface area contributed by atoms with Crippen LogP contribution >= 0.6 is 15.9 Å². The van der Waals surface area contributed by atoms with Crippen molar-refractivity contribution in [1.29, 1.82) is 0 Å². The number of carbonyl (C=O) groups is 1. The Bertz CT molecular complexity index is 387. The van der Waals surface area contributed by atoms with Crippen LogP contribution in [0.4, 0.5) is 0 Å². The Balaban J connectivity index is 2.13. The standard InChI is InChI=1S/C13H16BrNO2/c1-17-13(16)11(7-9-3-2-4-9)12-6-5-10(14)8-15-12/h5-6,8-9,11H,2-4,7H2,1H3. The van der Waals surface area contributed by atoms with Gasteiger partial charge in [-0.05, 0) is 40.4 Å². The summed E-state index contributed by atoms with van der Waals surface area (Å²) in [5.74, 6) is 0.273. The lowest BCUT2D eigenvalue weighted by atomic mass is 9.78. The SMILES string of the molecule is COC(=O)C(CC1CCC1)c1ccc(Br)cn1. The molecule has 1 saturated carbocycles. The Morgan fingerprint density at radius 2 is 2.35 bits per heavy atom. The number of rotatable bonds is 4. The topological polar surface area (TPSA) is 39.2 Å². The van der Waals surface area contributed by atoms with E-state index in [1.54, 1.807) is 6.20 Å². The summed E-state index contributed by atoms with van der Waals surface area (Å²) in [4.78, 5) is 16.1. The normalized spacial score (nSPS) is 17.3. The van der Waals surface area contributed by atoms with E-state index in [0.29, 0.717) is 5.92 Å². The fourth-order valence-electron chi connectivity index (χ4n) is 2.14. The molecule has 1 unspecified atom stereocenters. The third-order valence-electron chi connectivity index (χ3n) is 3.39. The van der Waals surface area contributed by atoms with Gasteiger partial charge in [0.25, 0.3) is 0 Å².